The number of nitrogens with one attached hydrogen (secondary N) is 1. The molecule has 1 aromatic carbocycles. The molecule has 2 aliphatic rings. The van der Waals surface area contributed by atoms with E-state index in [2.05, 4.69) is 56.1 Å². The van der Waals surface area contributed by atoms with E-state index < -0.39 is 0 Å². The molecule has 1 aromatic rings. The van der Waals surface area contributed by atoms with Gasteiger partial charge in [0.1, 0.15) is 0 Å². The van der Waals surface area contributed by atoms with Crippen molar-refractivity contribution in [3.63, 3.8) is 0 Å². The molecule has 2 heteroatoms. The third-order valence-corrected chi connectivity index (χ3v) is 4.94. The fourth-order valence-corrected chi connectivity index (χ4v) is 4.36. The predicted molar refractivity (Wildman–Crippen MR) is 86.5 cm³/mol. The normalized spacial score (nSPS) is 24.3. The van der Waals surface area contributed by atoms with E-state index in [1.54, 1.807) is 0 Å². The Hall–Kier alpha value is -1.02. The minimum absolute atomic E-state index is 0.194. The molecule has 110 valence electrons. The van der Waals surface area contributed by atoms with Gasteiger partial charge < -0.3 is 10.2 Å². The number of benzene rings is 1. The number of anilines is 1. The Morgan fingerprint density at radius 2 is 1.75 bits per heavy atom. The van der Waals surface area contributed by atoms with Crippen LogP contribution in [0.25, 0.3) is 0 Å². The summed E-state index contributed by atoms with van der Waals surface area (Å²) in [5.41, 5.74) is 4.74. The zero-order valence-electron chi connectivity index (χ0n) is 13.4. The molecule has 2 fully saturated rings. The first-order valence-corrected chi connectivity index (χ1v) is 8.01. The van der Waals surface area contributed by atoms with E-state index in [0.717, 1.165) is 6.54 Å². The van der Waals surface area contributed by atoms with Gasteiger partial charge in [0, 0.05) is 29.9 Å². The van der Waals surface area contributed by atoms with Crippen LogP contribution in [0.5, 0.6) is 0 Å². The number of nitrogens with zero attached hydrogens (tertiary/aromatic N) is 1. The highest BCUT2D eigenvalue weighted by Gasteiger charge is 2.44. The van der Waals surface area contributed by atoms with Crippen LogP contribution < -0.4 is 10.2 Å². The van der Waals surface area contributed by atoms with Crippen LogP contribution >= 0.6 is 0 Å². The fraction of sp³-hybridized carbons (Fsp3) is 0.667. The molecule has 0 bridgehead atoms. The minimum atomic E-state index is 0.194. The molecule has 0 aromatic heterocycles. The zero-order chi connectivity index (χ0) is 14.4. The number of aryl methyl sites for hydroxylation is 2. The molecule has 2 nitrogen and oxygen atoms in total. The van der Waals surface area contributed by atoms with Crippen molar-refractivity contribution in [2.45, 2.75) is 64.5 Å². The van der Waals surface area contributed by atoms with E-state index in [1.807, 2.05) is 0 Å². The molecule has 1 N–H and O–H groups in total. The summed E-state index contributed by atoms with van der Waals surface area (Å²) in [6.45, 7) is 11.4. The van der Waals surface area contributed by atoms with E-state index in [1.165, 1.54) is 49.0 Å². The first-order valence-electron chi connectivity index (χ1n) is 8.01. The molecular weight excluding hydrogens is 244 g/mol. The molecule has 1 aliphatic carbocycles. The highest BCUT2D eigenvalue weighted by Crippen LogP contribution is 2.37. The van der Waals surface area contributed by atoms with Gasteiger partial charge in [0.15, 0.2) is 0 Å². The Balaban J connectivity index is 1.92. The topological polar surface area (TPSA) is 15.3 Å². The van der Waals surface area contributed by atoms with Gasteiger partial charge in [-0.05, 0) is 52.2 Å². The molecule has 20 heavy (non-hydrogen) atoms. The SMILES string of the molecule is Cc1ccc(N2CC(C)(C)NC3(CCCC3)C2)c(C)c1. The predicted octanol–water partition coefficient (Wildman–Crippen LogP) is 3.80. The lowest BCUT2D eigenvalue weighted by molar-refractivity contribution is 0.197. The van der Waals surface area contributed by atoms with Gasteiger partial charge in [0.05, 0.1) is 0 Å². The molecular formula is C18H28N2. The van der Waals surface area contributed by atoms with Crippen molar-refractivity contribution in [3.8, 4) is 0 Å². The number of rotatable bonds is 1. The lowest BCUT2D eigenvalue weighted by atomic mass is 9.86. The van der Waals surface area contributed by atoms with Crippen molar-refractivity contribution in [2.75, 3.05) is 18.0 Å². The quantitative estimate of drug-likeness (QED) is 0.836. The van der Waals surface area contributed by atoms with Gasteiger partial charge in [-0.1, -0.05) is 30.5 Å². The average Bonchev–Trinajstić information content (AvgIpc) is 2.74. The first kappa shape index (κ1) is 13.9. The summed E-state index contributed by atoms with van der Waals surface area (Å²) in [7, 11) is 0. The third kappa shape index (κ3) is 2.58. The van der Waals surface area contributed by atoms with Crippen molar-refractivity contribution < 1.29 is 0 Å². The Morgan fingerprint density at radius 3 is 2.40 bits per heavy atom. The molecule has 0 atom stereocenters. The Morgan fingerprint density at radius 1 is 1.05 bits per heavy atom. The minimum Gasteiger partial charge on any atom is -0.368 e. The molecule has 0 radical (unpaired) electrons. The Bertz CT molecular complexity index is 498. The van der Waals surface area contributed by atoms with Gasteiger partial charge in [-0.3, -0.25) is 0 Å². The smallest absolute Gasteiger partial charge is 0.0397 e. The molecule has 0 amide bonds. The number of hydrogen-bond donors (Lipinski definition) is 1. The summed E-state index contributed by atoms with van der Waals surface area (Å²) in [4.78, 5) is 2.62. The Kier molecular flexibility index (Phi) is 3.32. The van der Waals surface area contributed by atoms with E-state index in [4.69, 9.17) is 0 Å². The summed E-state index contributed by atoms with van der Waals surface area (Å²) in [5, 5.41) is 3.96. The molecule has 3 rings (SSSR count). The van der Waals surface area contributed by atoms with Crippen molar-refractivity contribution in [1.29, 1.82) is 0 Å². The lowest BCUT2D eigenvalue weighted by Crippen LogP contribution is -2.68. The van der Waals surface area contributed by atoms with E-state index in [0.29, 0.717) is 5.54 Å². The fourth-order valence-electron chi connectivity index (χ4n) is 4.36. The van der Waals surface area contributed by atoms with Crippen LogP contribution in [0, 0.1) is 13.8 Å². The van der Waals surface area contributed by atoms with Gasteiger partial charge in [0.2, 0.25) is 0 Å². The van der Waals surface area contributed by atoms with Gasteiger partial charge >= 0.3 is 0 Å². The molecule has 1 spiro atoms. The van der Waals surface area contributed by atoms with Crippen LogP contribution in [-0.4, -0.2) is 24.2 Å². The van der Waals surface area contributed by atoms with Gasteiger partial charge in [0.25, 0.3) is 0 Å². The third-order valence-electron chi connectivity index (χ3n) is 4.94. The van der Waals surface area contributed by atoms with E-state index in [-0.39, 0.29) is 5.54 Å². The van der Waals surface area contributed by atoms with Crippen LogP contribution in [0.1, 0.15) is 50.7 Å². The molecule has 1 saturated carbocycles. The molecule has 1 saturated heterocycles. The highest BCUT2D eigenvalue weighted by molar-refractivity contribution is 5.55. The molecule has 1 heterocycles. The van der Waals surface area contributed by atoms with Crippen molar-refractivity contribution in [3.05, 3.63) is 29.3 Å². The van der Waals surface area contributed by atoms with E-state index in [9.17, 15) is 0 Å². The maximum atomic E-state index is 3.96. The van der Waals surface area contributed by atoms with Crippen molar-refractivity contribution >= 4 is 5.69 Å². The van der Waals surface area contributed by atoms with Crippen molar-refractivity contribution in [2.24, 2.45) is 0 Å². The second kappa shape index (κ2) is 4.77. The summed E-state index contributed by atoms with van der Waals surface area (Å²) in [6.07, 6.45) is 5.42. The number of hydrogen-bond acceptors (Lipinski definition) is 2. The second-order valence-corrected chi connectivity index (χ2v) is 7.64. The summed E-state index contributed by atoms with van der Waals surface area (Å²) in [5.74, 6) is 0. The van der Waals surface area contributed by atoms with E-state index >= 15 is 0 Å². The molecule has 1 aliphatic heterocycles. The van der Waals surface area contributed by atoms with Crippen LogP contribution in [0.4, 0.5) is 5.69 Å². The van der Waals surface area contributed by atoms with Crippen LogP contribution in [-0.2, 0) is 0 Å². The zero-order valence-corrected chi connectivity index (χ0v) is 13.4. The van der Waals surface area contributed by atoms with Gasteiger partial charge in [-0.2, -0.15) is 0 Å². The van der Waals surface area contributed by atoms with Crippen LogP contribution in [0.15, 0.2) is 18.2 Å². The number of piperazine rings is 1. The van der Waals surface area contributed by atoms with Gasteiger partial charge in [-0.25, -0.2) is 0 Å². The van der Waals surface area contributed by atoms with Crippen molar-refractivity contribution in [1.82, 2.24) is 5.32 Å². The van der Waals surface area contributed by atoms with Gasteiger partial charge in [-0.15, -0.1) is 0 Å². The first-order chi connectivity index (χ1) is 9.39. The second-order valence-electron chi connectivity index (χ2n) is 7.64. The lowest BCUT2D eigenvalue weighted by Gasteiger charge is -2.51. The largest absolute Gasteiger partial charge is 0.368 e. The average molecular weight is 272 g/mol. The summed E-state index contributed by atoms with van der Waals surface area (Å²) in [6, 6.07) is 6.87. The van der Waals surface area contributed by atoms with Crippen LogP contribution in [0.3, 0.4) is 0 Å². The maximum absolute atomic E-state index is 3.96. The maximum Gasteiger partial charge on any atom is 0.0397 e. The standard InChI is InChI=1S/C18H28N2/c1-14-7-8-16(15(2)11-14)20-12-17(3,4)19-18(13-20)9-5-6-10-18/h7-8,11,19H,5-6,9-10,12-13H2,1-4H3. The molecule has 0 unspecified atom stereocenters. The van der Waals surface area contributed by atoms with Crippen LogP contribution in [0.2, 0.25) is 0 Å². The monoisotopic (exact) mass is 272 g/mol. The Labute approximate surface area is 123 Å². The highest BCUT2D eigenvalue weighted by atomic mass is 15.3. The summed E-state index contributed by atoms with van der Waals surface area (Å²) < 4.78 is 0. The summed E-state index contributed by atoms with van der Waals surface area (Å²) >= 11 is 0.